The molecule has 2 unspecified atom stereocenters. The van der Waals surface area contributed by atoms with E-state index in [-0.39, 0.29) is 22.5 Å². The lowest BCUT2D eigenvalue weighted by Crippen LogP contribution is -2.20. The summed E-state index contributed by atoms with van der Waals surface area (Å²) < 4.78 is 5.30. The third kappa shape index (κ3) is 4.99. The number of carbonyl (C=O) groups excluding carboxylic acids is 2. The monoisotopic (exact) mass is 406 g/mol. The second kappa shape index (κ2) is 8.86. The van der Waals surface area contributed by atoms with Gasteiger partial charge in [0, 0.05) is 5.92 Å². The second-order valence-electron chi connectivity index (χ2n) is 9.09. The van der Waals surface area contributed by atoms with Crippen LogP contribution in [-0.2, 0) is 32.6 Å². The number of hydrogen-bond acceptors (Lipinski definition) is 4. The standard InChI is InChI=1S/C26H30O4/c1-17(16-19-10-13-20(14-11-19)26(2,3)4)23(27)22-24(28)21(30-25(22)29)15-12-18-8-6-5-7-9-18/h5-11,13-14,17,21,28H,12,15-16H2,1-4H3. The average Bonchev–Trinajstić information content (AvgIpc) is 2.99. The third-order valence-corrected chi connectivity index (χ3v) is 5.61. The number of Topliss-reactive ketones (excluding diaryl/α,β-unsaturated/α-hetero) is 1. The van der Waals surface area contributed by atoms with Crippen LogP contribution in [0.1, 0.15) is 50.8 Å². The fraction of sp³-hybridized carbons (Fsp3) is 0.385. The van der Waals surface area contributed by atoms with Gasteiger partial charge < -0.3 is 9.84 Å². The summed E-state index contributed by atoms with van der Waals surface area (Å²) in [6, 6.07) is 18.0. The van der Waals surface area contributed by atoms with Crippen LogP contribution in [0.2, 0.25) is 0 Å². The Kier molecular flexibility index (Phi) is 6.45. The van der Waals surface area contributed by atoms with E-state index < -0.39 is 18.0 Å². The quantitative estimate of drug-likeness (QED) is 0.513. The number of cyclic esters (lactones) is 1. The summed E-state index contributed by atoms with van der Waals surface area (Å²) in [4.78, 5) is 25.2. The molecule has 0 radical (unpaired) electrons. The minimum atomic E-state index is -0.755. The SMILES string of the molecule is CC(Cc1ccc(C(C)(C)C)cc1)C(=O)C1=C(O)C(CCc2ccccc2)OC1=O. The lowest BCUT2D eigenvalue weighted by molar-refractivity contribution is -0.141. The van der Waals surface area contributed by atoms with Crippen LogP contribution in [0.5, 0.6) is 0 Å². The molecule has 1 heterocycles. The Balaban J connectivity index is 1.66. The van der Waals surface area contributed by atoms with Gasteiger partial charge in [-0.2, -0.15) is 0 Å². The molecule has 4 nitrogen and oxygen atoms in total. The molecule has 1 aliphatic heterocycles. The molecule has 2 aromatic rings. The molecule has 0 fully saturated rings. The summed E-state index contributed by atoms with van der Waals surface area (Å²) in [5.41, 5.74) is 3.22. The Morgan fingerprint density at radius 2 is 1.67 bits per heavy atom. The van der Waals surface area contributed by atoms with Crippen molar-refractivity contribution in [2.45, 2.75) is 58.5 Å². The molecular weight excluding hydrogens is 376 g/mol. The van der Waals surface area contributed by atoms with Gasteiger partial charge in [-0.1, -0.05) is 82.3 Å². The molecule has 158 valence electrons. The van der Waals surface area contributed by atoms with Gasteiger partial charge in [0.05, 0.1) is 0 Å². The molecule has 0 spiro atoms. The van der Waals surface area contributed by atoms with Gasteiger partial charge in [-0.3, -0.25) is 4.79 Å². The highest BCUT2D eigenvalue weighted by molar-refractivity contribution is 6.19. The molecule has 0 saturated heterocycles. The first-order chi connectivity index (χ1) is 14.2. The van der Waals surface area contributed by atoms with Gasteiger partial charge in [0.25, 0.3) is 0 Å². The van der Waals surface area contributed by atoms with Gasteiger partial charge in [-0.15, -0.1) is 0 Å². The van der Waals surface area contributed by atoms with Crippen LogP contribution < -0.4 is 0 Å². The summed E-state index contributed by atoms with van der Waals surface area (Å²) in [7, 11) is 0. The van der Waals surface area contributed by atoms with E-state index in [0.717, 1.165) is 11.1 Å². The number of hydrogen-bond donors (Lipinski definition) is 1. The van der Waals surface area contributed by atoms with Crippen molar-refractivity contribution in [2.75, 3.05) is 0 Å². The van der Waals surface area contributed by atoms with Crippen LogP contribution in [0.4, 0.5) is 0 Å². The van der Waals surface area contributed by atoms with E-state index in [9.17, 15) is 14.7 Å². The van der Waals surface area contributed by atoms with E-state index in [4.69, 9.17) is 4.74 Å². The fourth-order valence-corrected chi connectivity index (χ4v) is 3.71. The number of benzene rings is 2. The highest BCUT2D eigenvalue weighted by Gasteiger charge is 2.39. The molecule has 0 bridgehead atoms. The molecule has 1 aliphatic rings. The Hall–Kier alpha value is -2.88. The van der Waals surface area contributed by atoms with Crippen molar-refractivity contribution in [3.8, 4) is 0 Å². The molecule has 2 atom stereocenters. The summed E-state index contributed by atoms with van der Waals surface area (Å²) in [6.07, 6.45) is 0.846. The average molecular weight is 407 g/mol. The van der Waals surface area contributed by atoms with Crippen molar-refractivity contribution in [3.63, 3.8) is 0 Å². The Labute approximate surface area is 178 Å². The van der Waals surface area contributed by atoms with Crippen molar-refractivity contribution in [2.24, 2.45) is 5.92 Å². The highest BCUT2D eigenvalue weighted by Crippen LogP contribution is 2.28. The normalized spacial score (nSPS) is 17.7. The van der Waals surface area contributed by atoms with Gasteiger partial charge in [0.15, 0.2) is 17.6 Å². The Morgan fingerprint density at radius 3 is 2.27 bits per heavy atom. The van der Waals surface area contributed by atoms with E-state index in [0.29, 0.717) is 19.3 Å². The summed E-state index contributed by atoms with van der Waals surface area (Å²) in [6.45, 7) is 8.25. The molecule has 30 heavy (non-hydrogen) atoms. The van der Waals surface area contributed by atoms with Crippen molar-refractivity contribution < 1.29 is 19.4 Å². The maximum absolute atomic E-state index is 12.9. The predicted molar refractivity (Wildman–Crippen MR) is 117 cm³/mol. The zero-order valence-corrected chi connectivity index (χ0v) is 18.1. The number of aliphatic hydroxyl groups excluding tert-OH is 1. The third-order valence-electron chi connectivity index (χ3n) is 5.61. The molecule has 0 amide bonds. The largest absolute Gasteiger partial charge is 0.507 e. The maximum Gasteiger partial charge on any atom is 0.346 e. The molecule has 2 aromatic carbocycles. The van der Waals surface area contributed by atoms with Gasteiger partial charge in [-0.05, 0) is 41.4 Å². The molecule has 4 heteroatoms. The fourth-order valence-electron chi connectivity index (χ4n) is 3.71. The van der Waals surface area contributed by atoms with E-state index in [2.05, 4.69) is 32.9 Å². The Morgan fingerprint density at radius 1 is 1.03 bits per heavy atom. The Bertz CT molecular complexity index is 933. The first-order valence-corrected chi connectivity index (χ1v) is 10.5. The minimum Gasteiger partial charge on any atom is -0.507 e. The second-order valence-corrected chi connectivity index (χ2v) is 9.09. The van der Waals surface area contributed by atoms with E-state index in [1.54, 1.807) is 6.92 Å². The van der Waals surface area contributed by atoms with Crippen LogP contribution in [0, 0.1) is 5.92 Å². The lowest BCUT2D eigenvalue weighted by atomic mass is 9.85. The number of carbonyl (C=O) groups is 2. The predicted octanol–water partition coefficient (Wildman–Crippen LogP) is 5.10. The van der Waals surface area contributed by atoms with Gasteiger partial charge in [0.1, 0.15) is 5.57 Å². The van der Waals surface area contributed by atoms with Crippen LogP contribution >= 0.6 is 0 Å². The van der Waals surface area contributed by atoms with Crippen molar-refractivity contribution in [3.05, 3.63) is 82.6 Å². The topological polar surface area (TPSA) is 63.6 Å². The molecule has 0 aliphatic carbocycles. The number of aliphatic hydroxyl groups is 1. The zero-order valence-electron chi connectivity index (χ0n) is 18.1. The first-order valence-electron chi connectivity index (χ1n) is 10.5. The van der Waals surface area contributed by atoms with E-state index in [1.165, 1.54) is 5.56 Å². The number of ketones is 1. The van der Waals surface area contributed by atoms with Crippen LogP contribution in [0.25, 0.3) is 0 Å². The molecule has 0 aromatic heterocycles. The van der Waals surface area contributed by atoms with Crippen LogP contribution in [-0.4, -0.2) is 23.0 Å². The number of aryl methyl sites for hydroxylation is 1. The van der Waals surface area contributed by atoms with Crippen molar-refractivity contribution in [1.29, 1.82) is 0 Å². The first kappa shape index (κ1) is 21.8. The van der Waals surface area contributed by atoms with E-state index >= 15 is 0 Å². The smallest absolute Gasteiger partial charge is 0.346 e. The highest BCUT2D eigenvalue weighted by atomic mass is 16.6. The van der Waals surface area contributed by atoms with Gasteiger partial charge in [0.2, 0.25) is 0 Å². The molecule has 3 rings (SSSR count). The number of ether oxygens (including phenoxy) is 1. The molecule has 1 N–H and O–H groups in total. The van der Waals surface area contributed by atoms with Crippen molar-refractivity contribution >= 4 is 11.8 Å². The number of esters is 1. The molecule has 0 saturated carbocycles. The van der Waals surface area contributed by atoms with Crippen molar-refractivity contribution in [1.82, 2.24) is 0 Å². The lowest BCUT2D eigenvalue weighted by Gasteiger charge is -2.19. The summed E-state index contributed by atoms with van der Waals surface area (Å²) in [5.74, 6) is -1.73. The maximum atomic E-state index is 12.9. The summed E-state index contributed by atoms with van der Waals surface area (Å²) >= 11 is 0. The van der Waals surface area contributed by atoms with Gasteiger partial charge in [-0.25, -0.2) is 4.79 Å². The zero-order chi connectivity index (χ0) is 21.9. The van der Waals surface area contributed by atoms with Gasteiger partial charge >= 0.3 is 5.97 Å². The minimum absolute atomic E-state index is 0.0684. The van der Waals surface area contributed by atoms with E-state index in [1.807, 2.05) is 42.5 Å². The van der Waals surface area contributed by atoms with Crippen LogP contribution in [0.3, 0.4) is 0 Å². The molecular formula is C26H30O4. The van der Waals surface area contributed by atoms with Crippen LogP contribution in [0.15, 0.2) is 65.9 Å². The number of rotatable bonds is 7. The summed E-state index contributed by atoms with van der Waals surface area (Å²) in [5, 5.41) is 10.5.